The molecule has 1 amide bonds. The third-order valence-corrected chi connectivity index (χ3v) is 5.90. The molecule has 0 spiro atoms. The molecule has 0 radical (unpaired) electrons. The van der Waals surface area contributed by atoms with E-state index in [1.807, 2.05) is 36.5 Å². The number of sulfone groups is 1. The summed E-state index contributed by atoms with van der Waals surface area (Å²) >= 11 is 0. The molecule has 24 heavy (non-hydrogen) atoms. The minimum Gasteiger partial charge on any atom is -0.325 e. The van der Waals surface area contributed by atoms with E-state index in [1.54, 1.807) is 22.8 Å². The number of benzene rings is 1. The van der Waals surface area contributed by atoms with E-state index < -0.39 is 9.84 Å². The Morgan fingerprint density at radius 3 is 2.71 bits per heavy atom. The lowest BCUT2D eigenvalue weighted by atomic mass is 10.2. The van der Waals surface area contributed by atoms with E-state index in [0.29, 0.717) is 12.1 Å². The summed E-state index contributed by atoms with van der Waals surface area (Å²) in [6.07, 6.45) is 4.14. The van der Waals surface area contributed by atoms with E-state index in [4.69, 9.17) is 0 Å². The maximum atomic E-state index is 12.1. The number of likely N-dealkylation sites (N-methyl/N-ethyl adjacent to an activating group) is 1. The fraction of sp³-hybridized carbons (Fsp3) is 0.375. The van der Waals surface area contributed by atoms with Crippen molar-refractivity contribution >= 4 is 21.4 Å². The Kier molecular flexibility index (Phi) is 4.68. The van der Waals surface area contributed by atoms with Crippen molar-refractivity contribution in [3.05, 3.63) is 42.7 Å². The van der Waals surface area contributed by atoms with Crippen molar-refractivity contribution in [2.24, 2.45) is 0 Å². The fourth-order valence-corrected chi connectivity index (χ4v) is 4.60. The molecule has 2 aromatic rings. The number of carbonyl (C=O) groups is 1. The largest absolute Gasteiger partial charge is 0.325 e. The lowest BCUT2D eigenvalue weighted by Crippen LogP contribution is -2.38. The van der Waals surface area contributed by atoms with Gasteiger partial charge in [-0.05, 0) is 43.8 Å². The molecule has 1 aliphatic heterocycles. The number of nitrogens with one attached hydrogen (secondary N) is 1. The number of carbonyl (C=O) groups excluding carboxylic acids is 1. The molecule has 0 aliphatic carbocycles. The van der Waals surface area contributed by atoms with Gasteiger partial charge in [0, 0.05) is 24.1 Å². The Labute approximate surface area is 141 Å². The van der Waals surface area contributed by atoms with Gasteiger partial charge in [0.05, 0.1) is 23.7 Å². The molecular weight excluding hydrogens is 328 g/mol. The molecule has 128 valence electrons. The summed E-state index contributed by atoms with van der Waals surface area (Å²) in [5, 5.41) is 6.98. The lowest BCUT2D eigenvalue weighted by Gasteiger charge is -2.22. The van der Waals surface area contributed by atoms with Gasteiger partial charge < -0.3 is 5.32 Å². The van der Waals surface area contributed by atoms with E-state index in [0.717, 1.165) is 5.69 Å². The van der Waals surface area contributed by atoms with Crippen molar-refractivity contribution in [3.8, 4) is 5.69 Å². The first kappa shape index (κ1) is 16.7. The highest BCUT2D eigenvalue weighted by Crippen LogP contribution is 2.17. The van der Waals surface area contributed by atoms with E-state index in [9.17, 15) is 13.2 Å². The topological polar surface area (TPSA) is 84.3 Å². The summed E-state index contributed by atoms with van der Waals surface area (Å²) in [7, 11) is -1.16. The third kappa shape index (κ3) is 4.01. The zero-order valence-electron chi connectivity index (χ0n) is 13.4. The van der Waals surface area contributed by atoms with Crippen LogP contribution in [-0.2, 0) is 14.6 Å². The Bertz CT molecular complexity index is 800. The van der Waals surface area contributed by atoms with Gasteiger partial charge in [0.25, 0.3) is 0 Å². The van der Waals surface area contributed by atoms with E-state index in [2.05, 4.69) is 10.4 Å². The van der Waals surface area contributed by atoms with Crippen LogP contribution in [0.5, 0.6) is 0 Å². The molecule has 1 fully saturated rings. The Morgan fingerprint density at radius 2 is 2.12 bits per heavy atom. The number of aromatic nitrogens is 2. The number of hydrogen-bond donors (Lipinski definition) is 1. The van der Waals surface area contributed by atoms with Crippen molar-refractivity contribution in [1.82, 2.24) is 14.7 Å². The molecule has 0 bridgehead atoms. The van der Waals surface area contributed by atoms with E-state index >= 15 is 0 Å². The maximum Gasteiger partial charge on any atom is 0.238 e. The average Bonchev–Trinajstić information content (AvgIpc) is 3.17. The number of rotatable bonds is 5. The number of amides is 1. The second kappa shape index (κ2) is 6.74. The van der Waals surface area contributed by atoms with Gasteiger partial charge in [-0.15, -0.1) is 0 Å². The van der Waals surface area contributed by atoms with Gasteiger partial charge in [-0.25, -0.2) is 13.1 Å². The average molecular weight is 348 g/mol. The van der Waals surface area contributed by atoms with Crippen molar-refractivity contribution < 1.29 is 13.2 Å². The molecule has 7 nitrogen and oxygen atoms in total. The molecule has 1 aliphatic rings. The second-order valence-electron chi connectivity index (χ2n) is 6.02. The maximum absolute atomic E-state index is 12.1. The minimum absolute atomic E-state index is 0.0806. The van der Waals surface area contributed by atoms with Crippen LogP contribution in [-0.4, -0.2) is 60.1 Å². The Morgan fingerprint density at radius 1 is 1.38 bits per heavy atom. The summed E-state index contributed by atoms with van der Waals surface area (Å²) in [6, 6.07) is 9.13. The number of hydrogen-bond acceptors (Lipinski definition) is 5. The van der Waals surface area contributed by atoms with Crippen molar-refractivity contribution in [2.75, 3.05) is 30.4 Å². The van der Waals surface area contributed by atoms with E-state index in [1.165, 1.54) is 0 Å². The van der Waals surface area contributed by atoms with Gasteiger partial charge in [-0.3, -0.25) is 9.69 Å². The normalized spacial score (nSPS) is 19.5. The first-order chi connectivity index (χ1) is 11.4. The van der Waals surface area contributed by atoms with Crippen LogP contribution in [0.2, 0.25) is 0 Å². The second-order valence-corrected chi connectivity index (χ2v) is 8.25. The number of anilines is 1. The van der Waals surface area contributed by atoms with Crippen LogP contribution in [0.3, 0.4) is 0 Å². The van der Waals surface area contributed by atoms with Crippen LogP contribution in [0.1, 0.15) is 6.42 Å². The van der Waals surface area contributed by atoms with Gasteiger partial charge >= 0.3 is 0 Å². The first-order valence-corrected chi connectivity index (χ1v) is 9.56. The molecule has 1 atom stereocenters. The zero-order valence-corrected chi connectivity index (χ0v) is 14.2. The summed E-state index contributed by atoms with van der Waals surface area (Å²) in [6.45, 7) is 0.168. The third-order valence-electron chi connectivity index (χ3n) is 4.14. The highest BCUT2D eigenvalue weighted by Gasteiger charge is 2.31. The SMILES string of the molecule is CN(CC(=O)Nc1ccc(-n2cccn2)cc1)C1CCS(=O)(=O)C1. The summed E-state index contributed by atoms with van der Waals surface area (Å²) in [4.78, 5) is 13.9. The van der Waals surface area contributed by atoms with Gasteiger partial charge in [0.2, 0.25) is 5.91 Å². The predicted molar refractivity (Wildman–Crippen MR) is 91.9 cm³/mol. The molecular formula is C16H20N4O3S. The molecule has 3 rings (SSSR count). The van der Waals surface area contributed by atoms with Crippen molar-refractivity contribution in [2.45, 2.75) is 12.5 Å². The van der Waals surface area contributed by atoms with Gasteiger partial charge in [0.15, 0.2) is 9.84 Å². The lowest BCUT2D eigenvalue weighted by molar-refractivity contribution is -0.117. The van der Waals surface area contributed by atoms with Crippen LogP contribution in [0.15, 0.2) is 42.7 Å². The molecule has 1 saturated heterocycles. The Balaban J connectivity index is 1.55. The van der Waals surface area contributed by atoms with Crippen LogP contribution in [0, 0.1) is 0 Å². The molecule has 1 aromatic carbocycles. The number of nitrogens with zero attached hydrogens (tertiary/aromatic N) is 3. The van der Waals surface area contributed by atoms with Crippen LogP contribution >= 0.6 is 0 Å². The zero-order chi connectivity index (χ0) is 17.2. The van der Waals surface area contributed by atoms with Crippen molar-refractivity contribution in [1.29, 1.82) is 0 Å². The molecule has 1 N–H and O–H groups in total. The van der Waals surface area contributed by atoms with Crippen molar-refractivity contribution in [3.63, 3.8) is 0 Å². The van der Waals surface area contributed by atoms with E-state index in [-0.39, 0.29) is 30.0 Å². The molecule has 0 saturated carbocycles. The molecule has 1 aromatic heterocycles. The van der Waals surface area contributed by atoms with Gasteiger partial charge in [-0.1, -0.05) is 0 Å². The minimum atomic E-state index is -2.94. The van der Waals surface area contributed by atoms with Crippen LogP contribution in [0.25, 0.3) is 5.69 Å². The smallest absolute Gasteiger partial charge is 0.238 e. The summed E-state index contributed by atoms with van der Waals surface area (Å²) in [5.41, 5.74) is 1.61. The standard InChI is InChI=1S/C16H20N4O3S/c1-19(15-7-10-24(22,23)12-15)11-16(21)18-13-3-5-14(6-4-13)20-9-2-8-17-20/h2-6,8-9,15H,7,10-12H2,1H3,(H,18,21). The van der Waals surface area contributed by atoms with Crippen LogP contribution < -0.4 is 5.32 Å². The predicted octanol–water partition coefficient (Wildman–Crippen LogP) is 0.930. The molecule has 2 heterocycles. The summed E-state index contributed by atoms with van der Waals surface area (Å²) in [5.74, 6) is 0.182. The first-order valence-electron chi connectivity index (χ1n) is 7.73. The highest BCUT2D eigenvalue weighted by molar-refractivity contribution is 7.91. The summed E-state index contributed by atoms with van der Waals surface area (Å²) < 4.78 is 24.8. The molecule has 1 unspecified atom stereocenters. The van der Waals surface area contributed by atoms with Gasteiger partial charge in [-0.2, -0.15) is 5.10 Å². The monoisotopic (exact) mass is 348 g/mol. The Hall–Kier alpha value is -2.19. The van der Waals surface area contributed by atoms with Crippen LogP contribution in [0.4, 0.5) is 5.69 Å². The van der Waals surface area contributed by atoms with Gasteiger partial charge in [0.1, 0.15) is 0 Å². The fourth-order valence-electron chi connectivity index (χ4n) is 2.80. The quantitative estimate of drug-likeness (QED) is 0.869. The molecule has 8 heteroatoms. The highest BCUT2D eigenvalue weighted by atomic mass is 32.2.